The average Bonchev–Trinajstić information content (AvgIpc) is 2.27. The second-order valence-electron chi connectivity index (χ2n) is 5.20. The maximum Gasteiger partial charge on any atom is 0.244 e. The lowest BCUT2D eigenvalue weighted by Crippen LogP contribution is -2.28. The van der Waals surface area contributed by atoms with E-state index in [9.17, 15) is 8.42 Å². The van der Waals surface area contributed by atoms with E-state index in [2.05, 4.69) is 35.9 Å². The lowest BCUT2D eigenvalue weighted by atomic mass is 9.93. The molecule has 7 heteroatoms. The number of nitrogen functional groups attached to an aromatic ring is 1. The van der Waals surface area contributed by atoms with Crippen molar-refractivity contribution in [2.75, 3.05) is 12.0 Å². The van der Waals surface area contributed by atoms with Gasteiger partial charge in [0, 0.05) is 12.7 Å². The number of pyridine rings is 1. The quantitative estimate of drug-likeness (QED) is 0.550. The Balaban J connectivity index is 2.81. The van der Waals surface area contributed by atoms with Gasteiger partial charge in [-0.1, -0.05) is 20.8 Å². The molecule has 1 heterocycles. The highest BCUT2D eigenvalue weighted by atomic mass is 32.2. The Morgan fingerprint density at radius 3 is 2.61 bits per heavy atom. The van der Waals surface area contributed by atoms with Crippen molar-refractivity contribution < 1.29 is 8.42 Å². The summed E-state index contributed by atoms with van der Waals surface area (Å²) in [7, 11) is -3.58. The molecule has 0 amide bonds. The smallest absolute Gasteiger partial charge is 0.244 e. The summed E-state index contributed by atoms with van der Waals surface area (Å²) in [5.41, 5.74) is 2.35. The largest absolute Gasteiger partial charge is 0.307 e. The van der Waals surface area contributed by atoms with Crippen LogP contribution in [0.3, 0.4) is 0 Å². The summed E-state index contributed by atoms with van der Waals surface area (Å²) in [6.45, 7) is 6.54. The Hall–Kier alpha value is -1.18. The van der Waals surface area contributed by atoms with E-state index in [0.29, 0.717) is 6.54 Å². The van der Waals surface area contributed by atoms with Gasteiger partial charge in [-0.3, -0.25) is 0 Å². The molecule has 0 spiro atoms. The molecule has 0 bridgehead atoms. The zero-order chi connectivity index (χ0) is 13.8. The van der Waals surface area contributed by atoms with Crippen LogP contribution in [-0.2, 0) is 10.0 Å². The predicted molar refractivity (Wildman–Crippen MR) is 71.3 cm³/mol. The molecule has 18 heavy (non-hydrogen) atoms. The second-order valence-corrected chi connectivity index (χ2v) is 6.94. The third kappa shape index (κ3) is 4.25. The lowest BCUT2D eigenvalue weighted by molar-refractivity contribution is 0.378. The van der Waals surface area contributed by atoms with E-state index in [1.807, 2.05) is 0 Å². The van der Waals surface area contributed by atoms with Crippen LogP contribution in [0.4, 0.5) is 5.82 Å². The maximum absolute atomic E-state index is 12.1. The van der Waals surface area contributed by atoms with Crippen molar-refractivity contribution in [1.82, 2.24) is 9.71 Å². The van der Waals surface area contributed by atoms with Crippen LogP contribution in [0.2, 0.25) is 0 Å². The number of hydrogen-bond acceptors (Lipinski definition) is 5. The molecule has 0 fully saturated rings. The van der Waals surface area contributed by atoms with Crippen LogP contribution in [0.25, 0.3) is 0 Å². The van der Waals surface area contributed by atoms with Crippen molar-refractivity contribution in [3.63, 3.8) is 0 Å². The van der Waals surface area contributed by atoms with E-state index in [-0.39, 0.29) is 16.1 Å². The molecule has 0 aromatic carbocycles. The fourth-order valence-corrected chi connectivity index (χ4v) is 2.50. The monoisotopic (exact) mass is 272 g/mol. The molecule has 4 N–H and O–H groups in total. The molecule has 1 rings (SSSR count). The van der Waals surface area contributed by atoms with Crippen molar-refractivity contribution in [2.45, 2.75) is 32.1 Å². The molecule has 0 aliphatic rings. The highest BCUT2D eigenvalue weighted by molar-refractivity contribution is 7.89. The summed E-state index contributed by atoms with van der Waals surface area (Å²) in [4.78, 5) is 3.92. The minimum Gasteiger partial charge on any atom is -0.307 e. The minimum absolute atomic E-state index is 0.0569. The Labute approximate surface area is 108 Å². The SMILES string of the molecule is CC(C)(C)CCNS(=O)(=O)c1cccnc1NN. The van der Waals surface area contributed by atoms with E-state index < -0.39 is 10.0 Å². The van der Waals surface area contributed by atoms with Gasteiger partial charge in [0.2, 0.25) is 10.0 Å². The van der Waals surface area contributed by atoms with Gasteiger partial charge in [0.15, 0.2) is 5.82 Å². The van der Waals surface area contributed by atoms with Gasteiger partial charge in [0.1, 0.15) is 4.90 Å². The van der Waals surface area contributed by atoms with Gasteiger partial charge in [-0.05, 0) is 24.0 Å². The zero-order valence-corrected chi connectivity index (χ0v) is 11.7. The number of hydrazine groups is 1. The average molecular weight is 272 g/mol. The van der Waals surface area contributed by atoms with Crippen molar-refractivity contribution in [2.24, 2.45) is 11.3 Å². The maximum atomic E-state index is 12.1. The normalized spacial score (nSPS) is 12.4. The molecule has 0 saturated heterocycles. The molecule has 0 atom stereocenters. The lowest BCUT2D eigenvalue weighted by Gasteiger charge is -2.18. The van der Waals surface area contributed by atoms with Gasteiger partial charge in [0.05, 0.1) is 0 Å². The van der Waals surface area contributed by atoms with E-state index >= 15 is 0 Å². The van der Waals surface area contributed by atoms with E-state index in [1.165, 1.54) is 12.3 Å². The number of aromatic nitrogens is 1. The molecule has 0 radical (unpaired) electrons. The van der Waals surface area contributed by atoms with Crippen LogP contribution in [0.5, 0.6) is 0 Å². The Bertz CT molecular complexity index is 494. The zero-order valence-electron chi connectivity index (χ0n) is 10.9. The third-order valence-corrected chi connectivity index (χ3v) is 3.86. The van der Waals surface area contributed by atoms with Crippen LogP contribution in [0, 0.1) is 5.41 Å². The number of anilines is 1. The van der Waals surface area contributed by atoms with Gasteiger partial charge in [-0.2, -0.15) is 0 Å². The Kier molecular flexibility index (Phi) is 4.66. The number of rotatable bonds is 5. The highest BCUT2D eigenvalue weighted by Gasteiger charge is 2.19. The van der Waals surface area contributed by atoms with E-state index in [0.717, 1.165) is 6.42 Å². The van der Waals surface area contributed by atoms with Crippen LogP contribution in [0.1, 0.15) is 27.2 Å². The summed E-state index contributed by atoms with van der Waals surface area (Å²) >= 11 is 0. The molecular formula is C11H20N4O2S. The summed E-state index contributed by atoms with van der Waals surface area (Å²) in [6.07, 6.45) is 2.22. The molecule has 0 saturated carbocycles. The Morgan fingerprint density at radius 2 is 2.06 bits per heavy atom. The first-order valence-electron chi connectivity index (χ1n) is 5.67. The van der Waals surface area contributed by atoms with Crippen LogP contribution in [0.15, 0.2) is 23.2 Å². The van der Waals surface area contributed by atoms with Crippen LogP contribution in [-0.4, -0.2) is 19.9 Å². The Morgan fingerprint density at radius 1 is 1.39 bits per heavy atom. The molecule has 1 aromatic rings. The molecule has 0 unspecified atom stereocenters. The standard InChI is InChI=1S/C11H20N4O2S/c1-11(2,3)6-8-14-18(16,17)9-5-4-7-13-10(9)15-12/h4-5,7,14H,6,8,12H2,1-3H3,(H,13,15). The molecule has 6 nitrogen and oxygen atoms in total. The highest BCUT2D eigenvalue weighted by Crippen LogP contribution is 2.19. The number of sulfonamides is 1. The summed E-state index contributed by atoms with van der Waals surface area (Å²) in [6, 6.07) is 3.01. The third-order valence-electron chi connectivity index (χ3n) is 2.36. The number of nitrogens with two attached hydrogens (primary N) is 1. The van der Waals surface area contributed by atoms with Crippen molar-refractivity contribution >= 4 is 15.8 Å². The van der Waals surface area contributed by atoms with Crippen LogP contribution < -0.4 is 16.0 Å². The fraction of sp³-hybridized carbons (Fsp3) is 0.545. The molecule has 0 aliphatic carbocycles. The molecule has 1 aromatic heterocycles. The first kappa shape index (κ1) is 14.9. The number of nitrogens with one attached hydrogen (secondary N) is 2. The van der Waals surface area contributed by atoms with Crippen molar-refractivity contribution in [3.05, 3.63) is 18.3 Å². The fourth-order valence-electron chi connectivity index (χ4n) is 1.35. The van der Waals surface area contributed by atoms with Gasteiger partial charge in [0.25, 0.3) is 0 Å². The molecule has 0 aliphatic heterocycles. The first-order chi connectivity index (χ1) is 8.26. The second kappa shape index (κ2) is 5.64. The van der Waals surface area contributed by atoms with Crippen molar-refractivity contribution in [3.8, 4) is 0 Å². The van der Waals surface area contributed by atoms with Crippen LogP contribution >= 0.6 is 0 Å². The first-order valence-corrected chi connectivity index (χ1v) is 7.16. The molecular weight excluding hydrogens is 252 g/mol. The summed E-state index contributed by atoms with van der Waals surface area (Å²) in [5, 5.41) is 0. The minimum atomic E-state index is -3.58. The molecule has 102 valence electrons. The topological polar surface area (TPSA) is 97.1 Å². The van der Waals surface area contributed by atoms with Gasteiger partial charge in [-0.25, -0.2) is 24.0 Å². The van der Waals surface area contributed by atoms with E-state index in [1.54, 1.807) is 6.07 Å². The number of nitrogens with zero attached hydrogens (tertiary/aromatic N) is 1. The van der Waals surface area contributed by atoms with E-state index in [4.69, 9.17) is 5.84 Å². The van der Waals surface area contributed by atoms with Gasteiger partial charge in [-0.15, -0.1) is 0 Å². The summed E-state index contributed by atoms with van der Waals surface area (Å²) < 4.78 is 26.6. The number of hydrogen-bond donors (Lipinski definition) is 3. The predicted octanol–water partition coefficient (Wildman–Crippen LogP) is 1.08. The van der Waals surface area contributed by atoms with Gasteiger partial charge >= 0.3 is 0 Å². The summed E-state index contributed by atoms with van der Waals surface area (Å²) in [5.74, 6) is 5.38. The van der Waals surface area contributed by atoms with Gasteiger partial charge < -0.3 is 5.43 Å². The van der Waals surface area contributed by atoms with Crippen molar-refractivity contribution in [1.29, 1.82) is 0 Å².